The van der Waals surface area contributed by atoms with Gasteiger partial charge in [-0.3, -0.25) is 4.79 Å². The Hall–Kier alpha value is -3.25. The van der Waals surface area contributed by atoms with E-state index in [2.05, 4.69) is 9.84 Å². The number of aryl methyl sites for hydroxylation is 1. The van der Waals surface area contributed by atoms with Gasteiger partial charge in [0.15, 0.2) is 5.78 Å². The number of carbonyl (C=O) groups is 1. The van der Waals surface area contributed by atoms with Gasteiger partial charge in [-0.2, -0.15) is 19.1 Å². The van der Waals surface area contributed by atoms with Crippen LogP contribution in [0.3, 0.4) is 0 Å². The summed E-state index contributed by atoms with van der Waals surface area (Å²) < 4.78 is 44.2. The number of hydrogen-bond donors (Lipinski definition) is 1. The lowest BCUT2D eigenvalue weighted by Gasteiger charge is -2.10. The van der Waals surface area contributed by atoms with Gasteiger partial charge in [-0.15, -0.1) is 0 Å². The molecule has 3 rings (SSSR count). The Morgan fingerprint density at radius 2 is 2.11 bits per heavy atom. The number of halogens is 4. The van der Waals surface area contributed by atoms with E-state index in [1.165, 1.54) is 19.2 Å². The summed E-state index contributed by atoms with van der Waals surface area (Å²) in [5.41, 5.74) is 4.97. The zero-order valence-electron chi connectivity index (χ0n) is 13.6. The van der Waals surface area contributed by atoms with E-state index >= 15 is 0 Å². The molecule has 0 bridgehead atoms. The van der Waals surface area contributed by atoms with Gasteiger partial charge in [0.05, 0.1) is 21.5 Å². The van der Waals surface area contributed by atoms with Crippen LogP contribution in [0.25, 0.3) is 10.9 Å². The molecular weight excluding hydrogens is 385 g/mol. The lowest BCUT2D eigenvalue weighted by Crippen LogP contribution is -2.10. The van der Waals surface area contributed by atoms with Crippen LogP contribution in [0.15, 0.2) is 24.3 Å². The van der Waals surface area contributed by atoms with Crippen molar-refractivity contribution >= 4 is 34.0 Å². The summed E-state index contributed by atoms with van der Waals surface area (Å²) in [6.07, 6.45) is 0. The second kappa shape index (κ2) is 6.81. The Morgan fingerprint density at radius 3 is 2.74 bits per heavy atom. The number of ether oxygens (including phenoxy) is 1. The molecule has 138 valence electrons. The summed E-state index contributed by atoms with van der Waals surface area (Å²) in [4.78, 5) is 12.9. The Balaban J connectivity index is 2.29. The molecular formula is C17H10ClF3N4O2. The van der Waals surface area contributed by atoms with E-state index in [1.54, 1.807) is 6.07 Å². The molecule has 0 aliphatic carbocycles. The summed E-state index contributed by atoms with van der Waals surface area (Å²) in [6.45, 7) is -3.12. The average molecular weight is 395 g/mol. The number of fused-ring (bicyclic) bond motifs is 1. The highest BCUT2D eigenvalue weighted by molar-refractivity contribution is 6.35. The zero-order chi connectivity index (χ0) is 19.9. The molecule has 0 aliphatic rings. The highest BCUT2D eigenvalue weighted by Gasteiger charge is 2.26. The van der Waals surface area contributed by atoms with E-state index in [-0.39, 0.29) is 44.2 Å². The summed E-state index contributed by atoms with van der Waals surface area (Å²) >= 11 is 5.96. The minimum Gasteiger partial charge on any atom is -0.417 e. The Bertz CT molecular complexity index is 1120. The molecule has 0 aliphatic heterocycles. The van der Waals surface area contributed by atoms with Gasteiger partial charge < -0.3 is 10.5 Å². The van der Waals surface area contributed by atoms with E-state index in [9.17, 15) is 23.2 Å². The molecule has 1 aromatic heterocycles. The smallest absolute Gasteiger partial charge is 0.388 e. The molecule has 3 aromatic rings. The van der Waals surface area contributed by atoms with Gasteiger partial charge in [0.2, 0.25) is 5.88 Å². The predicted molar refractivity (Wildman–Crippen MR) is 91.3 cm³/mol. The first-order valence-corrected chi connectivity index (χ1v) is 7.76. The maximum atomic E-state index is 13.5. The number of rotatable bonds is 4. The number of nitrogens with zero attached hydrogens (tertiary/aromatic N) is 3. The highest BCUT2D eigenvalue weighted by atomic mass is 35.5. The fraction of sp³-hybridized carbons (Fsp3) is 0.118. The predicted octanol–water partition coefficient (Wildman–Crippen LogP) is 3.65. The number of carbonyl (C=O) groups excluding carboxylic acids is 1. The highest BCUT2D eigenvalue weighted by Crippen LogP contribution is 2.35. The van der Waals surface area contributed by atoms with Crippen LogP contribution in [0.4, 0.5) is 18.9 Å². The Kier molecular flexibility index (Phi) is 4.68. The summed E-state index contributed by atoms with van der Waals surface area (Å²) in [6, 6.07) is 6.18. The molecule has 10 heteroatoms. The van der Waals surface area contributed by atoms with Crippen molar-refractivity contribution in [2.75, 3.05) is 5.73 Å². The molecule has 1 heterocycles. The van der Waals surface area contributed by atoms with Crippen molar-refractivity contribution in [3.05, 3.63) is 51.8 Å². The van der Waals surface area contributed by atoms with Gasteiger partial charge in [0.1, 0.15) is 17.4 Å². The lowest BCUT2D eigenvalue weighted by atomic mass is 9.95. The van der Waals surface area contributed by atoms with Crippen molar-refractivity contribution in [3.63, 3.8) is 0 Å². The lowest BCUT2D eigenvalue weighted by molar-refractivity contribution is -0.0542. The molecule has 27 heavy (non-hydrogen) atoms. The largest absolute Gasteiger partial charge is 0.417 e. The van der Waals surface area contributed by atoms with Crippen LogP contribution in [0, 0.1) is 17.1 Å². The van der Waals surface area contributed by atoms with Gasteiger partial charge in [-0.1, -0.05) is 11.6 Å². The standard InChI is InChI=1S/C17H10ClF3N4O2/c1-25-16(27-17(20)21)9-5-12(23)13(10(6-22)14(9)24-25)15(26)8-4-7(19)2-3-11(8)18/h2-5,17H,23H2,1H3. The first-order valence-electron chi connectivity index (χ1n) is 7.38. The van der Waals surface area contributed by atoms with Crippen molar-refractivity contribution in [1.82, 2.24) is 9.78 Å². The SMILES string of the molecule is Cn1nc2c(C#N)c(C(=O)c3cc(F)ccc3Cl)c(N)cc2c1OC(F)F. The molecule has 2 N–H and O–H groups in total. The van der Waals surface area contributed by atoms with Crippen LogP contribution in [-0.4, -0.2) is 22.2 Å². The fourth-order valence-electron chi connectivity index (χ4n) is 2.71. The molecule has 0 unspecified atom stereocenters. The molecule has 0 saturated carbocycles. The zero-order valence-corrected chi connectivity index (χ0v) is 14.4. The molecule has 6 nitrogen and oxygen atoms in total. The number of hydrogen-bond acceptors (Lipinski definition) is 5. The van der Waals surface area contributed by atoms with Crippen molar-refractivity contribution in [1.29, 1.82) is 5.26 Å². The van der Waals surface area contributed by atoms with Crippen LogP contribution in [0.1, 0.15) is 21.5 Å². The van der Waals surface area contributed by atoms with Crippen molar-refractivity contribution in [2.45, 2.75) is 6.61 Å². The van der Waals surface area contributed by atoms with Gasteiger partial charge in [0.25, 0.3) is 0 Å². The van der Waals surface area contributed by atoms with Crippen LogP contribution < -0.4 is 10.5 Å². The maximum absolute atomic E-state index is 13.5. The Labute approximate surface area is 155 Å². The maximum Gasteiger partial charge on any atom is 0.388 e. The Morgan fingerprint density at radius 1 is 1.41 bits per heavy atom. The van der Waals surface area contributed by atoms with E-state index in [1.807, 2.05) is 0 Å². The van der Waals surface area contributed by atoms with Crippen LogP contribution >= 0.6 is 11.6 Å². The molecule has 0 saturated heterocycles. The van der Waals surface area contributed by atoms with E-state index in [0.29, 0.717) is 0 Å². The normalized spacial score (nSPS) is 11.0. The summed E-state index contributed by atoms with van der Waals surface area (Å²) in [5, 5.41) is 13.5. The molecule has 0 spiro atoms. The van der Waals surface area contributed by atoms with Crippen molar-refractivity contribution < 1.29 is 22.7 Å². The molecule has 0 atom stereocenters. The third-order valence-electron chi connectivity index (χ3n) is 3.82. The first-order chi connectivity index (χ1) is 12.7. The van der Waals surface area contributed by atoms with Gasteiger partial charge in [-0.05, 0) is 24.3 Å². The van der Waals surface area contributed by atoms with Crippen molar-refractivity contribution in [2.24, 2.45) is 7.05 Å². The first kappa shape index (κ1) is 18.5. The fourth-order valence-corrected chi connectivity index (χ4v) is 2.92. The molecule has 0 amide bonds. The second-order valence-corrected chi connectivity index (χ2v) is 5.89. The van der Waals surface area contributed by atoms with Gasteiger partial charge in [-0.25, -0.2) is 9.07 Å². The van der Waals surface area contributed by atoms with E-state index in [0.717, 1.165) is 16.8 Å². The van der Waals surface area contributed by atoms with Gasteiger partial charge in [0, 0.05) is 18.3 Å². The summed E-state index contributed by atoms with van der Waals surface area (Å²) in [7, 11) is 1.33. The number of benzene rings is 2. The number of nitrogen functional groups attached to an aromatic ring is 1. The number of aromatic nitrogens is 2. The minimum absolute atomic E-state index is 0.0347. The third kappa shape index (κ3) is 3.15. The molecule has 0 fully saturated rings. The molecule has 2 aromatic carbocycles. The topological polar surface area (TPSA) is 93.9 Å². The number of anilines is 1. The van der Waals surface area contributed by atoms with Crippen molar-refractivity contribution in [3.8, 4) is 11.9 Å². The van der Waals surface area contributed by atoms with E-state index in [4.69, 9.17) is 17.3 Å². The van der Waals surface area contributed by atoms with Crippen LogP contribution in [0.5, 0.6) is 5.88 Å². The molecule has 0 radical (unpaired) electrons. The van der Waals surface area contributed by atoms with Crippen LogP contribution in [-0.2, 0) is 7.05 Å². The monoisotopic (exact) mass is 394 g/mol. The summed E-state index contributed by atoms with van der Waals surface area (Å²) in [5.74, 6) is -1.81. The second-order valence-electron chi connectivity index (χ2n) is 5.48. The number of nitrogens with two attached hydrogens (primary N) is 1. The number of alkyl halides is 2. The quantitative estimate of drug-likeness (QED) is 0.538. The van der Waals surface area contributed by atoms with Gasteiger partial charge >= 0.3 is 6.61 Å². The minimum atomic E-state index is -3.12. The average Bonchev–Trinajstić information content (AvgIpc) is 2.90. The number of nitriles is 1. The third-order valence-corrected chi connectivity index (χ3v) is 4.15. The number of ketones is 1. The van der Waals surface area contributed by atoms with Crippen LogP contribution in [0.2, 0.25) is 5.02 Å². The van der Waals surface area contributed by atoms with E-state index < -0.39 is 18.2 Å².